The Balaban J connectivity index is 1.53. The molecule has 0 saturated carbocycles. The van der Waals surface area contributed by atoms with Crippen molar-refractivity contribution < 1.29 is 0 Å². The van der Waals surface area contributed by atoms with Crippen molar-refractivity contribution in [2.75, 3.05) is 12.7 Å². The van der Waals surface area contributed by atoms with E-state index in [0.29, 0.717) is 0 Å². The molecule has 0 spiro atoms. The van der Waals surface area contributed by atoms with Gasteiger partial charge in [-0.05, 0) is 35.3 Å². The van der Waals surface area contributed by atoms with Gasteiger partial charge in [0.15, 0.2) is 0 Å². The molecule has 3 heteroatoms. The van der Waals surface area contributed by atoms with Crippen LogP contribution in [-0.2, 0) is 0 Å². The van der Waals surface area contributed by atoms with E-state index in [-0.39, 0.29) is 7.92 Å². The lowest BCUT2D eigenvalue weighted by Crippen LogP contribution is -2.27. The summed E-state index contributed by atoms with van der Waals surface area (Å²) in [4.78, 5) is 0. The first-order valence-corrected chi connectivity index (χ1v) is 12.8. The number of rotatable bonds is 8. The summed E-state index contributed by atoms with van der Waals surface area (Å²) in [5, 5.41) is 9.54. The highest BCUT2D eigenvalue weighted by atomic mass is 31.1. The Hall–Kier alpha value is -2.30. The van der Waals surface area contributed by atoms with Gasteiger partial charge in [0.25, 0.3) is 0 Å². The van der Waals surface area contributed by atoms with Gasteiger partial charge in [-0.3, -0.25) is 5.09 Å². The average Bonchev–Trinajstić information content (AvgIpc) is 2.81. The zero-order valence-electron chi connectivity index (χ0n) is 16.4. The predicted octanol–water partition coefficient (Wildman–Crippen LogP) is 4.76. The highest BCUT2D eigenvalue weighted by molar-refractivity contribution is 7.73. The van der Waals surface area contributed by atoms with Gasteiger partial charge >= 0.3 is 0 Å². The molecule has 0 aromatic heterocycles. The summed E-state index contributed by atoms with van der Waals surface area (Å²) in [5.74, 6) is 0. The summed E-state index contributed by atoms with van der Waals surface area (Å²) in [6.07, 6.45) is 1.13. The van der Waals surface area contributed by atoms with E-state index in [9.17, 15) is 0 Å². The summed E-state index contributed by atoms with van der Waals surface area (Å²) < 4.78 is 0. The average molecular weight is 413 g/mol. The molecule has 0 atom stereocenters. The van der Waals surface area contributed by atoms with Crippen LogP contribution in [0.2, 0.25) is 0 Å². The molecule has 0 aliphatic rings. The summed E-state index contributed by atoms with van der Waals surface area (Å²) in [6, 6.07) is 43.6. The second-order valence-electron chi connectivity index (χ2n) is 6.74. The molecule has 0 fully saturated rings. The molecule has 0 amide bonds. The molecule has 144 valence electrons. The summed E-state index contributed by atoms with van der Waals surface area (Å²) >= 11 is 0. The standard InChI is InChI=1S/C26H25NP2/c1-5-13-23(14-6-1)28(24-15-7-2-8-16-24)22-21-27-29(25-17-9-3-10-18-25)26-19-11-4-12-20-26/h1-20,27H,21-22H2. The molecule has 0 unspecified atom stereocenters. The minimum atomic E-state index is -0.559. The Kier molecular flexibility index (Phi) is 7.22. The van der Waals surface area contributed by atoms with Gasteiger partial charge in [-0.2, -0.15) is 0 Å². The van der Waals surface area contributed by atoms with E-state index in [1.807, 2.05) is 0 Å². The normalized spacial score (nSPS) is 11.1. The van der Waals surface area contributed by atoms with Gasteiger partial charge in [0.2, 0.25) is 0 Å². The third-order valence-electron chi connectivity index (χ3n) is 4.77. The highest BCUT2D eigenvalue weighted by Crippen LogP contribution is 2.34. The molecule has 4 aromatic carbocycles. The van der Waals surface area contributed by atoms with E-state index < -0.39 is 8.07 Å². The van der Waals surface area contributed by atoms with E-state index in [2.05, 4.69) is 126 Å². The van der Waals surface area contributed by atoms with Crippen molar-refractivity contribution in [3.05, 3.63) is 121 Å². The van der Waals surface area contributed by atoms with Crippen LogP contribution in [0.1, 0.15) is 0 Å². The Labute approximate surface area is 176 Å². The quantitative estimate of drug-likeness (QED) is 0.411. The number of nitrogens with one attached hydrogen (secondary N) is 1. The van der Waals surface area contributed by atoms with Gasteiger partial charge in [0, 0.05) is 14.6 Å². The van der Waals surface area contributed by atoms with Gasteiger partial charge in [-0.15, -0.1) is 0 Å². The number of hydrogen-bond acceptors (Lipinski definition) is 1. The van der Waals surface area contributed by atoms with Crippen molar-refractivity contribution in [1.29, 1.82) is 0 Å². The SMILES string of the molecule is c1ccc(P(CCNP(c2ccccc2)c2ccccc2)c2ccccc2)cc1. The molecule has 1 nitrogen and oxygen atoms in total. The van der Waals surface area contributed by atoms with Gasteiger partial charge in [0.1, 0.15) is 0 Å². The molecule has 29 heavy (non-hydrogen) atoms. The molecule has 4 rings (SSSR count). The molecule has 1 N–H and O–H groups in total. The Morgan fingerprint density at radius 1 is 0.448 bits per heavy atom. The first-order chi connectivity index (χ1) is 14.4. The molecule has 4 aromatic rings. The maximum Gasteiger partial charge on any atom is 0.0253 e. The molecule has 0 saturated heterocycles. The maximum atomic E-state index is 3.90. The molecular weight excluding hydrogens is 388 g/mol. The second kappa shape index (κ2) is 10.5. The Morgan fingerprint density at radius 3 is 1.17 bits per heavy atom. The molecule has 0 radical (unpaired) electrons. The zero-order chi connectivity index (χ0) is 19.7. The first-order valence-electron chi connectivity index (χ1n) is 9.93. The fraction of sp³-hybridized carbons (Fsp3) is 0.0769. The third-order valence-corrected chi connectivity index (χ3v) is 9.45. The summed E-state index contributed by atoms with van der Waals surface area (Å²) in [6.45, 7) is 0.991. The summed E-state index contributed by atoms with van der Waals surface area (Å²) in [5.41, 5.74) is 0. The monoisotopic (exact) mass is 413 g/mol. The van der Waals surface area contributed by atoms with Crippen LogP contribution in [0, 0.1) is 0 Å². The van der Waals surface area contributed by atoms with Crippen molar-refractivity contribution in [2.45, 2.75) is 0 Å². The lowest BCUT2D eigenvalue weighted by molar-refractivity contribution is 1.03. The number of hydrogen-bond donors (Lipinski definition) is 1. The van der Waals surface area contributed by atoms with Crippen molar-refractivity contribution in [3.63, 3.8) is 0 Å². The van der Waals surface area contributed by atoms with Crippen molar-refractivity contribution in [2.24, 2.45) is 0 Å². The van der Waals surface area contributed by atoms with Crippen molar-refractivity contribution in [3.8, 4) is 0 Å². The lowest BCUT2D eigenvalue weighted by Gasteiger charge is -2.23. The Morgan fingerprint density at radius 2 is 0.793 bits per heavy atom. The smallest absolute Gasteiger partial charge is 0.0253 e. The fourth-order valence-electron chi connectivity index (χ4n) is 3.38. The van der Waals surface area contributed by atoms with Gasteiger partial charge in [-0.1, -0.05) is 121 Å². The minimum absolute atomic E-state index is 0.371. The van der Waals surface area contributed by atoms with Crippen LogP contribution in [-0.4, -0.2) is 12.7 Å². The topological polar surface area (TPSA) is 12.0 Å². The van der Waals surface area contributed by atoms with Gasteiger partial charge in [0.05, 0.1) is 0 Å². The second-order valence-corrected chi connectivity index (χ2v) is 11.1. The van der Waals surface area contributed by atoms with Crippen LogP contribution in [0.4, 0.5) is 0 Å². The van der Waals surface area contributed by atoms with Crippen molar-refractivity contribution in [1.82, 2.24) is 5.09 Å². The molecule has 0 heterocycles. The molecule has 0 aliphatic carbocycles. The van der Waals surface area contributed by atoms with E-state index >= 15 is 0 Å². The van der Waals surface area contributed by atoms with Crippen molar-refractivity contribution >= 4 is 37.2 Å². The largest absolute Gasteiger partial charge is 0.288 e. The van der Waals surface area contributed by atoms with Crippen LogP contribution in [0.3, 0.4) is 0 Å². The van der Waals surface area contributed by atoms with E-state index in [4.69, 9.17) is 0 Å². The molecule has 0 bridgehead atoms. The van der Waals surface area contributed by atoms with Crippen LogP contribution >= 0.6 is 16.0 Å². The minimum Gasteiger partial charge on any atom is -0.288 e. The molecular formula is C26H25NP2. The van der Waals surface area contributed by atoms with Crippen LogP contribution in [0.5, 0.6) is 0 Å². The van der Waals surface area contributed by atoms with Gasteiger partial charge < -0.3 is 0 Å². The van der Waals surface area contributed by atoms with E-state index in [0.717, 1.165) is 12.7 Å². The highest BCUT2D eigenvalue weighted by Gasteiger charge is 2.16. The van der Waals surface area contributed by atoms with Crippen LogP contribution in [0.15, 0.2) is 121 Å². The first kappa shape index (κ1) is 20.0. The summed E-state index contributed by atoms with van der Waals surface area (Å²) in [7, 11) is -0.930. The fourth-order valence-corrected chi connectivity index (χ4v) is 7.71. The zero-order valence-corrected chi connectivity index (χ0v) is 18.1. The maximum absolute atomic E-state index is 3.90. The lowest BCUT2D eigenvalue weighted by atomic mass is 10.4. The Bertz CT molecular complexity index is 814. The van der Waals surface area contributed by atoms with E-state index in [1.165, 1.54) is 21.2 Å². The number of benzene rings is 4. The van der Waals surface area contributed by atoms with Crippen LogP contribution < -0.4 is 26.3 Å². The molecule has 0 aliphatic heterocycles. The van der Waals surface area contributed by atoms with E-state index in [1.54, 1.807) is 0 Å². The van der Waals surface area contributed by atoms with Crippen LogP contribution in [0.25, 0.3) is 0 Å². The predicted molar refractivity (Wildman–Crippen MR) is 131 cm³/mol. The van der Waals surface area contributed by atoms with Gasteiger partial charge in [-0.25, -0.2) is 0 Å². The third kappa shape index (κ3) is 5.40.